The largest absolute Gasteiger partial charge is 0.508 e. The van der Waals surface area contributed by atoms with E-state index in [1.54, 1.807) is 76.5 Å². The molecule has 38 heteroatoms. The number of carboxylic acid groups (broad SMARTS) is 2. The van der Waals surface area contributed by atoms with Crippen LogP contribution in [0, 0.1) is 17.8 Å². The number of rotatable bonds is 48. The summed E-state index contributed by atoms with van der Waals surface area (Å²) in [6.45, 7) is 13.3. The van der Waals surface area contributed by atoms with Gasteiger partial charge in [0.2, 0.25) is 76.8 Å². The number of amides is 13. The SMILES string of the molecule is CC(C)C[C@H](NC(=O)[C@H](CCCCN)NC(=O)[C@@H](NC(=O)[C@H](CC(C)C)NC(=O)[C@@H]1CCCN1C(=O)[C@H](CC(=O)O)NC(=O)[C@H](Cc1ccc(O)cc1)NC(=O)[C@H](Cc1c[nH]c2ccccc12)NC(=O)[C@H](Cc1ccc(O)cc1)NC(=O)[C@H](C)N)[C@@H](C)O)C(=O)N[C@@H](Cc1c[nH]c2ccccc12)C(=O)N[C@@H](CC(C)C)C(=O)N1CCC[C@H]1C(=O)N[C@@H](Cc1ccc(O)cc1)C(=O)O. The number of hydrogen-bond acceptors (Lipinski definition) is 21. The molecule has 0 aliphatic carbocycles. The van der Waals surface area contributed by atoms with Crippen molar-refractivity contribution in [1.82, 2.24) is 78.3 Å². The number of para-hydroxylation sites is 2. The van der Waals surface area contributed by atoms with Crippen molar-refractivity contribution in [2.24, 2.45) is 29.2 Å². The maximum Gasteiger partial charge on any atom is 0.326 e. The van der Waals surface area contributed by atoms with Crippen molar-refractivity contribution in [1.29, 1.82) is 0 Å². The molecule has 2 saturated heterocycles. The molecule has 0 radical (unpaired) electrons. The molecule has 38 nitrogen and oxygen atoms in total. The first-order chi connectivity index (χ1) is 62.7. The van der Waals surface area contributed by atoms with Crippen LogP contribution in [0.15, 0.2) is 134 Å². The molecule has 0 saturated carbocycles. The van der Waals surface area contributed by atoms with E-state index in [4.69, 9.17) is 11.5 Å². The number of H-pyrrole nitrogens is 2. The van der Waals surface area contributed by atoms with Crippen LogP contribution in [0.2, 0.25) is 0 Å². The standard InChI is InChI=1S/C94H125N17O21/c1-50(2)39-68(83(120)103-73(46-59-49-98-66-20-12-10-18-64(59)66)87(124)106-74(41-52(5)6)92(129)110-37-16-23-78(110)90(127)108-76(94(131)132)44-57-28-34-62(115)35-29-57)101-82(119)67(21-13-14-36-95)99-91(128)80(54(8)112)109-88(125)69(40-51(3)4)105-89(126)77-22-15-38-111(77)93(130)75(47-79(116)117)107-85(122)71(43-56-26-32-61(114)33-27-56)102-86(123)72(45-58-48-97-65-19-11-9-17-63(58)65)104-84(121)70(100-81(118)53(7)96)42-55-24-30-60(113)31-25-55/h9-12,17-20,24-35,48-54,67-78,80,97-98,112-115H,13-16,21-23,36-47,95-96H2,1-8H3,(H,99,128)(H,100,118)(H,101,119)(H,102,123)(H,103,120)(H,104,121)(H,105,126)(H,106,124)(H,107,122)(H,108,127)(H,109,125)(H,116,117)(H,131,132)/t53-,54+,67-,68-,69-,70-,71-,72-,73-,74-,75-,76-,77-,78-,80-/m0/s1. The molecule has 5 aromatic carbocycles. The number of unbranched alkanes of at least 4 members (excludes halogenated alkanes) is 1. The van der Waals surface area contributed by atoms with E-state index in [-0.39, 0.29) is 138 Å². The first kappa shape index (κ1) is 102. The van der Waals surface area contributed by atoms with E-state index in [1.165, 1.54) is 91.5 Å². The zero-order valence-electron chi connectivity index (χ0n) is 75.4. The van der Waals surface area contributed by atoms with Gasteiger partial charge in [-0.25, -0.2) is 4.79 Å². The van der Waals surface area contributed by atoms with Gasteiger partial charge in [-0.1, -0.05) is 114 Å². The summed E-state index contributed by atoms with van der Waals surface area (Å²) in [5.41, 5.74) is 15.7. The lowest BCUT2D eigenvalue weighted by atomic mass is 9.98. The van der Waals surface area contributed by atoms with Gasteiger partial charge in [0.15, 0.2) is 0 Å². The molecular weight excluding hydrogens is 1700 g/mol. The molecule has 2 aliphatic heterocycles. The van der Waals surface area contributed by atoms with Crippen molar-refractivity contribution in [3.63, 3.8) is 0 Å². The number of phenolic OH excluding ortho intramolecular Hbond substituents is 3. The second kappa shape index (κ2) is 48.4. The van der Waals surface area contributed by atoms with Gasteiger partial charge in [0.1, 0.15) is 95.8 Å². The molecule has 2 aliphatic rings. The average molecular weight is 1830 g/mol. The Morgan fingerprint density at radius 2 is 0.735 bits per heavy atom. The van der Waals surface area contributed by atoms with Crippen molar-refractivity contribution in [2.75, 3.05) is 19.6 Å². The number of aromatic hydroxyl groups is 3. The van der Waals surface area contributed by atoms with Crippen LogP contribution in [0.5, 0.6) is 17.2 Å². The number of aliphatic carboxylic acids is 2. The monoisotopic (exact) mass is 1830 g/mol. The molecule has 712 valence electrons. The second-order valence-electron chi connectivity index (χ2n) is 35.4. The highest BCUT2D eigenvalue weighted by Crippen LogP contribution is 2.28. The predicted octanol–water partition coefficient (Wildman–Crippen LogP) is 2.15. The third-order valence-corrected chi connectivity index (χ3v) is 23.2. The number of carboxylic acids is 2. The van der Waals surface area contributed by atoms with Gasteiger partial charge in [0.05, 0.1) is 18.6 Å². The quantitative estimate of drug-likeness (QED) is 0.0243. The minimum Gasteiger partial charge on any atom is -0.508 e. The summed E-state index contributed by atoms with van der Waals surface area (Å²) >= 11 is 0. The summed E-state index contributed by atoms with van der Waals surface area (Å²) in [5, 5.41) is 92.9. The molecule has 9 rings (SSSR count). The van der Waals surface area contributed by atoms with Crippen LogP contribution in [-0.2, 0) is 104 Å². The van der Waals surface area contributed by atoms with Gasteiger partial charge in [-0.05, 0) is 179 Å². The van der Waals surface area contributed by atoms with Crippen molar-refractivity contribution in [3.05, 3.63) is 162 Å². The molecule has 2 aromatic heterocycles. The van der Waals surface area contributed by atoms with Crippen LogP contribution < -0.4 is 70.0 Å². The van der Waals surface area contributed by atoms with E-state index >= 15 is 24.0 Å². The zero-order valence-corrected chi connectivity index (χ0v) is 75.4. The fraction of sp³-hybridized carbons (Fsp3) is 0.479. The maximum atomic E-state index is 15.1. The van der Waals surface area contributed by atoms with E-state index in [9.17, 15) is 78.6 Å². The van der Waals surface area contributed by atoms with Crippen LogP contribution in [-0.4, -0.2) is 249 Å². The van der Waals surface area contributed by atoms with Crippen molar-refractivity contribution in [2.45, 2.75) is 249 Å². The Balaban J connectivity index is 0.899. The lowest BCUT2D eigenvalue weighted by molar-refractivity contribution is -0.146. The number of benzene rings is 5. The van der Waals surface area contributed by atoms with E-state index in [1.807, 2.05) is 26.0 Å². The smallest absolute Gasteiger partial charge is 0.326 e. The normalized spacial score (nSPS) is 16.7. The molecular formula is C94H125N17O21. The number of phenols is 3. The number of carbonyl (C=O) groups excluding carboxylic acids is 13. The molecule has 0 unspecified atom stereocenters. The number of aromatic nitrogens is 2. The van der Waals surface area contributed by atoms with Crippen molar-refractivity contribution < 1.29 is 103 Å². The van der Waals surface area contributed by atoms with Crippen molar-refractivity contribution in [3.8, 4) is 17.2 Å². The number of aliphatic hydroxyl groups excluding tert-OH is 1. The Bertz CT molecular complexity index is 5190. The molecule has 4 heterocycles. The molecule has 0 bridgehead atoms. The number of aliphatic hydroxyl groups is 1. The number of aromatic amines is 2. The molecule has 132 heavy (non-hydrogen) atoms. The predicted molar refractivity (Wildman–Crippen MR) is 487 cm³/mol. The Labute approximate surface area is 764 Å². The second-order valence-corrected chi connectivity index (χ2v) is 35.4. The van der Waals surface area contributed by atoms with Gasteiger partial charge >= 0.3 is 11.9 Å². The number of likely N-dealkylation sites (tertiary alicyclic amines) is 2. The third kappa shape index (κ3) is 29.5. The van der Waals surface area contributed by atoms with Gasteiger partial charge < -0.3 is 120 Å². The number of fused-ring (bicyclic) bond motifs is 2. The van der Waals surface area contributed by atoms with Crippen LogP contribution in [0.1, 0.15) is 154 Å². The third-order valence-electron chi connectivity index (χ3n) is 23.2. The first-order valence-corrected chi connectivity index (χ1v) is 44.7. The van der Waals surface area contributed by atoms with Gasteiger partial charge in [-0.15, -0.1) is 0 Å². The number of nitrogens with one attached hydrogen (secondary N) is 13. The number of nitrogens with zero attached hydrogens (tertiary/aromatic N) is 2. The van der Waals surface area contributed by atoms with Crippen molar-refractivity contribution >= 4 is 111 Å². The molecule has 2 fully saturated rings. The van der Waals surface area contributed by atoms with E-state index < -0.39 is 186 Å². The summed E-state index contributed by atoms with van der Waals surface area (Å²) in [4.78, 5) is 225. The minimum absolute atomic E-state index is 0.0344. The van der Waals surface area contributed by atoms with Gasteiger partial charge in [0, 0.05) is 79.4 Å². The lowest BCUT2D eigenvalue weighted by Crippen LogP contribution is -2.62. The highest BCUT2D eigenvalue weighted by atomic mass is 16.4. The summed E-state index contributed by atoms with van der Waals surface area (Å²) in [6.07, 6.45) is 0.577. The average Bonchev–Trinajstić information content (AvgIpc) is 1.59. The van der Waals surface area contributed by atoms with Gasteiger partial charge in [0.25, 0.3) is 0 Å². The van der Waals surface area contributed by atoms with E-state index in [0.717, 1.165) is 4.90 Å². The summed E-state index contributed by atoms with van der Waals surface area (Å²) in [6, 6.07) is 10.9. The molecule has 23 N–H and O–H groups in total. The van der Waals surface area contributed by atoms with E-state index in [0.29, 0.717) is 62.5 Å². The Kier molecular flexibility index (Phi) is 37.5. The Morgan fingerprint density at radius 3 is 1.14 bits per heavy atom. The summed E-state index contributed by atoms with van der Waals surface area (Å²) in [7, 11) is 0. The topological polar surface area (TPSA) is 600 Å². The lowest BCUT2D eigenvalue weighted by Gasteiger charge is -2.31. The Hall–Kier alpha value is -13.5. The van der Waals surface area contributed by atoms with E-state index in [2.05, 4.69) is 68.5 Å². The molecule has 15 atom stereocenters. The fourth-order valence-corrected chi connectivity index (χ4v) is 16.3. The number of nitrogens with two attached hydrogens (primary N) is 2. The first-order valence-electron chi connectivity index (χ1n) is 44.7. The molecule has 7 aromatic rings. The molecule has 0 spiro atoms. The minimum atomic E-state index is -1.94. The van der Waals surface area contributed by atoms with Crippen LogP contribution in [0.3, 0.4) is 0 Å². The maximum absolute atomic E-state index is 15.1. The molecule has 13 amide bonds. The van der Waals surface area contributed by atoms with Crippen LogP contribution in [0.25, 0.3) is 21.8 Å². The highest BCUT2D eigenvalue weighted by molar-refractivity contribution is 6.02. The fourth-order valence-electron chi connectivity index (χ4n) is 16.3. The summed E-state index contributed by atoms with van der Waals surface area (Å²) < 4.78 is 0. The number of hydrogen-bond donors (Lipinski definition) is 21. The number of carbonyl (C=O) groups is 15. The van der Waals surface area contributed by atoms with Gasteiger partial charge in [-0.3, -0.25) is 67.1 Å². The zero-order chi connectivity index (χ0) is 96.3. The Morgan fingerprint density at radius 1 is 0.394 bits per heavy atom. The highest BCUT2D eigenvalue weighted by Gasteiger charge is 2.45. The summed E-state index contributed by atoms with van der Waals surface area (Å²) in [5.74, 6) is -15.7. The van der Waals surface area contributed by atoms with Crippen LogP contribution >= 0.6 is 0 Å². The van der Waals surface area contributed by atoms with Gasteiger partial charge in [-0.2, -0.15) is 0 Å². The van der Waals surface area contributed by atoms with Crippen LogP contribution in [0.4, 0.5) is 0 Å².